The molecule has 0 bridgehead atoms. The number of carbonyl (C=O) groups excluding carboxylic acids is 1. The van der Waals surface area contributed by atoms with E-state index in [0.29, 0.717) is 13.0 Å². The molecular formula is C28H54O2. The van der Waals surface area contributed by atoms with E-state index in [-0.39, 0.29) is 5.97 Å². The summed E-state index contributed by atoms with van der Waals surface area (Å²) in [5, 5.41) is 0. The second-order valence-electron chi connectivity index (χ2n) is 9.92. The number of hydrogen-bond acceptors (Lipinski definition) is 2. The van der Waals surface area contributed by atoms with Gasteiger partial charge >= 0.3 is 5.97 Å². The summed E-state index contributed by atoms with van der Waals surface area (Å²) in [6, 6.07) is 0. The molecule has 1 fully saturated rings. The smallest absolute Gasteiger partial charge is 0.305 e. The van der Waals surface area contributed by atoms with Crippen LogP contribution >= 0.6 is 0 Å². The molecular weight excluding hydrogens is 368 g/mol. The molecule has 0 aromatic rings. The highest BCUT2D eigenvalue weighted by molar-refractivity contribution is 5.69. The van der Waals surface area contributed by atoms with E-state index in [1.54, 1.807) is 0 Å². The van der Waals surface area contributed by atoms with Crippen LogP contribution in [0.2, 0.25) is 0 Å². The van der Waals surface area contributed by atoms with Crippen LogP contribution in [0.3, 0.4) is 0 Å². The highest BCUT2D eigenvalue weighted by Crippen LogP contribution is 2.27. The SMILES string of the molecule is CCCCCCCCCCCCCCCCCCOC(=O)CCCC1CCCCC1. The van der Waals surface area contributed by atoms with Crippen molar-refractivity contribution in [2.24, 2.45) is 5.92 Å². The lowest BCUT2D eigenvalue weighted by Crippen LogP contribution is -2.09. The number of hydrogen-bond donors (Lipinski definition) is 0. The Labute approximate surface area is 189 Å². The average molecular weight is 423 g/mol. The van der Waals surface area contributed by atoms with E-state index in [9.17, 15) is 4.79 Å². The molecule has 2 heteroatoms. The van der Waals surface area contributed by atoms with Crippen LogP contribution in [0.1, 0.15) is 161 Å². The maximum Gasteiger partial charge on any atom is 0.305 e. The van der Waals surface area contributed by atoms with Crippen LogP contribution in [0.15, 0.2) is 0 Å². The van der Waals surface area contributed by atoms with E-state index in [4.69, 9.17) is 4.74 Å². The molecule has 30 heavy (non-hydrogen) atoms. The van der Waals surface area contributed by atoms with Gasteiger partial charge in [-0.1, -0.05) is 135 Å². The minimum absolute atomic E-state index is 0.0340. The maximum absolute atomic E-state index is 11.8. The standard InChI is InChI=1S/C28H54O2/c1-2-3-4-5-6-7-8-9-10-11-12-13-14-15-16-20-26-30-28(29)25-21-24-27-22-18-17-19-23-27/h27H,2-26H2,1H3. The molecule has 1 aliphatic carbocycles. The molecule has 0 unspecified atom stereocenters. The molecule has 0 saturated heterocycles. The molecule has 2 nitrogen and oxygen atoms in total. The topological polar surface area (TPSA) is 26.3 Å². The Balaban J connectivity index is 1.70. The van der Waals surface area contributed by atoms with Crippen LogP contribution in [0.5, 0.6) is 0 Å². The fourth-order valence-corrected chi connectivity index (χ4v) is 4.92. The lowest BCUT2D eigenvalue weighted by atomic mass is 9.86. The Morgan fingerprint density at radius 1 is 0.633 bits per heavy atom. The van der Waals surface area contributed by atoms with Gasteiger partial charge in [0.2, 0.25) is 0 Å². The Hall–Kier alpha value is -0.530. The predicted octanol–water partition coefficient (Wildman–Crippen LogP) is 9.54. The third kappa shape index (κ3) is 18.3. The number of esters is 1. The summed E-state index contributed by atoms with van der Waals surface area (Å²) in [5.74, 6) is 0.915. The summed E-state index contributed by atoms with van der Waals surface area (Å²) in [6.07, 6.45) is 31.9. The van der Waals surface area contributed by atoms with Crippen molar-refractivity contribution in [1.82, 2.24) is 0 Å². The fraction of sp³-hybridized carbons (Fsp3) is 0.964. The molecule has 0 amide bonds. The van der Waals surface area contributed by atoms with Gasteiger partial charge in [-0.15, -0.1) is 0 Å². The second-order valence-corrected chi connectivity index (χ2v) is 9.92. The Morgan fingerprint density at radius 2 is 1.10 bits per heavy atom. The first-order valence-electron chi connectivity index (χ1n) is 14.0. The van der Waals surface area contributed by atoms with Crippen LogP contribution in [0.25, 0.3) is 0 Å². The first-order chi connectivity index (χ1) is 14.8. The van der Waals surface area contributed by atoms with Crippen molar-refractivity contribution in [1.29, 1.82) is 0 Å². The monoisotopic (exact) mass is 422 g/mol. The maximum atomic E-state index is 11.8. The predicted molar refractivity (Wildman–Crippen MR) is 131 cm³/mol. The zero-order valence-corrected chi connectivity index (χ0v) is 20.6. The third-order valence-corrected chi connectivity index (χ3v) is 6.98. The summed E-state index contributed by atoms with van der Waals surface area (Å²) in [6.45, 7) is 2.93. The largest absolute Gasteiger partial charge is 0.466 e. The summed E-state index contributed by atoms with van der Waals surface area (Å²) in [4.78, 5) is 11.8. The number of ether oxygens (including phenoxy) is 1. The molecule has 178 valence electrons. The quantitative estimate of drug-likeness (QED) is 0.136. The summed E-state index contributed by atoms with van der Waals surface area (Å²) >= 11 is 0. The van der Waals surface area contributed by atoms with E-state index in [1.807, 2.05) is 0 Å². The molecule has 0 aliphatic heterocycles. The van der Waals surface area contributed by atoms with Crippen molar-refractivity contribution >= 4 is 5.97 Å². The van der Waals surface area contributed by atoms with Gasteiger partial charge in [-0.05, 0) is 25.2 Å². The number of carbonyl (C=O) groups is 1. The minimum Gasteiger partial charge on any atom is -0.466 e. The van der Waals surface area contributed by atoms with E-state index in [0.717, 1.165) is 18.8 Å². The molecule has 0 N–H and O–H groups in total. The van der Waals surface area contributed by atoms with Crippen molar-refractivity contribution < 1.29 is 9.53 Å². The molecule has 0 aromatic heterocycles. The molecule has 1 saturated carbocycles. The zero-order valence-electron chi connectivity index (χ0n) is 20.6. The second kappa shape index (κ2) is 21.7. The van der Waals surface area contributed by atoms with Crippen molar-refractivity contribution in [2.45, 2.75) is 161 Å². The molecule has 1 rings (SSSR count). The van der Waals surface area contributed by atoms with Gasteiger partial charge in [-0.2, -0.15) is 0 Å². The van der Waals surface area contributed by atoms with Crippen LogP contribution < -0.4 is 0 Å². The highest BCUT2D eigenvalue weighted by Gasteiger charge is 2.13. The van der Waals surface area contributed by atoms with Gasteiger partial charge in [-0.25, -0.2) is 0 Å². The first kappa shape index (κ1) is 27.5. The molecule has 0 atom stereocenters. The van der Waals surface area contributed by atoms with Crippen molar-refractivity contribution in [3.8, 4) is 0 Å². The Kier molecular flexibility index (Phi) is 19.9. The number of rotatable bonds is 21. The minimum atomic E-state index is 0.0340. The van der Waals surface area contributed by atoms with Gasteiger partial charge in [0, 0.05) is 6.42 Å². The van der Waals surface area contributed by atoms with Gasteiger partial charge in [-0.3, -0.25) is 4.79 Å². The van der Waals surface area contributed by atoms with Gasteiger partial charge in [0.1, 0.15) is 0 Å². The van der Waals surface area contributed by atoms with Crippen LogP contribution in [0.4, 0.5) is 0 Å². The van der Waals surface area contributed by atoms with E-state index < -0.39 is 0 Å². The first-order valence-corrected chi connectivity index (χ1v) is 14.0. The summed E-state index contributed by atoms with van der Waals surface area (Å²) < 4.78 is 5.41. The van der Waals surface area contributed by atoms with Gasteiger partial charge in [0.15, 0.2) is 0 Å². The fourth-order valence-electron chi connectivity index (χ4n) is 4.92. The zero-order chi connectivity index (χ0) is 21.5. The molecule has 0 radical (unpaired) electrons. The molecule has 1 aliphatic rings. The Bertz CT molecular complexity index is 360. The van der Waals surface area contributed by atoms with E-state index >= 15 is 0 Å². The summed E-state index contributed by atoms with van der Waals surface area (Å²) in [5.41, 5.74) is 0. The van der Waals surface area contributed by atoms with E-state index in [2.05, 4.69) is 6.92 Å². The van der Waals surface area contributed by atoms with Crippen LogP contribution in [0, 0.1) is 5.92 Å². The Morgan fingerprint density at radius 3 is 1.60 bits per heavy atom. The van der Waals surface area contributed by atoms with Crippen molar-refractivity contribution in [3.05, 3.63) is 0 Å². The van der Waals surface area contributed by atoms with Crippen molar-refractivity contribution in [2.75, 3.05) is 6.61 Å². The van der Waals surface area contributed by atoms with Gasteiger partial charge < -0.3 is 4.74 Å². The van der Waals surface area contributed by atoms with Gasteiger partial charge in [0.05, 0.1) is 6.61 Å². The van der Waals surface area contributed by atoms with Crippen molar-refractivity contribution in [3.63, 3.8) is 0 Å². The lowest BCUT2D eigenvalue weighted by Gasteiger charge is -2.20. The molecule has 0 heterocycles. The lowest BCUT2D eigenvalue weighted by molar-refractivity contribution is -0.143. The molecule has 0 spiro atoms. The third-order valence-electron chi connectivity index (χ3n) is 6.98. The average Bonchev–Trinajstić information content (AvgIpc) is 2.76. The van der Waals surface area contributed by atoms with Crippen LogP contribution in [-0.2, 0) is 9.53 Å². The van der Waals surface area contributed by atoms with E-state index in [1.165, 1.54) is 135 Å². The van der Waals surface area contributed by atoms with Crippen LogP contribution in [-0.4, -0.2) is 12.6 Å². The normalized spacial score (nSPS) is 14.8. The summed E-state index contributed by atoms with van der Waals surface area (Å²) in [7, 11) is 0. The number of unbranched alkanes of at least 4 members (excludes halogenated alkanes) is 15. The molecule has 0 aromatic carbocycles. The van der Waals surface area contributed by atoms with Gasteiger partial charge in [0.25, 0.3) is 0 Å². The highest BCUT2D eigenvalue weighted by atomic mass is 16.5.